The summed E-state index contributed by atoms with van der Waals surface area (Å²) in [5.41, 5.74) is 2.71. The molecule has 1 saturated heterocycles. The summed E-state index contributed by atoms with van der Waals surface area (Å²) in [5, 5.41) is 0.897. The summed E-state index contributed by atoms with van der Waals surface area (Å²) >= 11 is 1.75. The number of nitrogens with zero attached hydrogens (tertiary/aromatic N) is 4. The average Bonchev–Trinajstić information content (AvgIpc) is 3.13. The molecule has 1 aromatic carbocycles. The van der Waals surface area contributed by atoms with Gasteiger partial charge in [0.1, 0.15) is 4.83 Å². The van der Waals surface area contributed by atoms with Gasteiger partial charge in [-0.3, -0.25) is 9.36 Å². The monoisotopic (exact) mass is 394 g/mol. The van der Waals surface area contributed by atoms with Crippen LogP contribution < -0.4 is 15.4 Å². The highest BCUT2D eigenvalue weighted by Gasteiger charge is 2.25. The molecule has 0 radical (unpaired) electrons. The molecule has 0 unspecified atom stereocenters. The van der Waals surface area contributed by atoms with Gasteiger partial charge in [0.25, 0.3) is 5.56 Å². The maximum absolute atomic E-state index is 13.3. The molecule has 146 valence electrons. The van der Waals surface area contributed by atoms with Crippen LogP contribution in [0.2, 0.25) is 0 Å². The number of thiophene rings is 1. The maximum Gasteiger partial charge on any atom is 0.263 e. The molecule has 3 aromatic rings. The van der Waals surface area contributed by atoms with E-state index in [0.717, 1.165) is 55.2 Å². The molecule has 2 aliphatic rings. The van der Waals surface area contributed by atoms with Gasteiger partial charge in [-0.1, -0.05) is 18.2 Å². The van der Waals surface area contributed by atoms with E-state index in [1.807, 2.05) is 4.57 Å². The number of anilines is 2. The van der Waals surface area contributed by atoms with Gasteiger partial charge in [0.2, 0.25) is 5.95 Å². The molecule has 6 heteroatoms. The number of piperazine rings is 1. The molecule has 1 aliphatic carbocycles. The lowest BCUT2D eigenvalue weighted by Crippen LogP contribution is -2.48. The van der Waals surface area contributed by atoms with E-state index < -0.39 is 0 Å². The quantitative estimate of drug-likeness (QED) is 0.680. The van der Waals surface area contributed by atoms with Crippen molar-refractivity contribution in [2.45, 2.75) is 39.2 Å². The maximum atomic E-state index is 13.3. The van der Waals surface area contributed by atoms with Crippen LogP contribution in [-0.2, 0) is 19.4 Å². The second-order valence-electron chi connectivity index (χ2n) is 7.66. The zero-order valence-corrected chi connectivity index (χ0v) is 17.2. The average molecular weight is 395 g/mol. The van der Waals surface area contributed by atoms with E-state index in [1.54, 1.807) is 11.3 Å². The normalized spacial score (nSPS) is 17.2. The number of hydrogen-bond donors (Lipinski definition) is 0. The Balaban J connectivity index is 1.48. The molecular formula is C22H26N4OS. The third kappa shape index (κ3) is 2.91. The summed E-state index contributed by atoms with van der Waals surface area (Å²) in [6, 6.07) is 10.6. The molecule has 0 spiro atoms. The SMILES string of the molecule is CCn1c(N2CCN(c3ccccc3)CC2)nc2sc3c(c2c1=O)CCCC3. The summed E-state index contributed by atoms with van der Waals surface area (Å²) in [6.45, 7) is 6.39. The zero-order chi connectivity index (χ0) is 19.1. The van der Waals surface area contributed by atoms with Gasteiger partial charge < -0.3 is 9.80 Å². The van der Waals surface area contributed by atoms with Crippen LogP contribution in [0, 0.1) is 0 Å². The van der Waals surface area contributed by atoms with E-state index in [1.165, 1.54) is 29.0 Å². The molecule has 2 aromatic heterocycles. The number of fused-ring (bicyclic) bond motifs is 3. The van der Waals surface area contributed by atoms with Gasteiger partial charge in [-0.25, -0.2) is 4.98 Å². The van der Waals surface area contributed by atoms with Gasteiger partial charge in [-0.15, -0.1) is 11.3 Å². The lowest BCUT2D eigenvalue weighted by atomic mass is 9.97. The zero-order valence-electron chi connectivity index (χ0n) is 16.4. The molecule has 1 aliphatic heterocycles. The highest BCUT2D eigenvalue weighted by atomic mass is 32.1. The smallest absolute Gasteiger partial charge is 0.263 e. The van der Waals surface area contributed by atoms with Gasteiger partial charge in [-0.2, -0.15) is 0 Å². The van der Waals surface area contributed by atoms with Crippen LogP contribution in [0.4, 0.5) is 11.6 Å². The molecular weight excluding hydrogens is 368 g/mol. The van der Waals surface area contributed by atoms with Crippen molar-refractivity contribution in [2.75, 3.05) is 36.0 Å². The van der Waals surface area contributed by atoms with Crippen LogP contribution in [0.25, 0.3) is 10.2 Å². The standard InChI is InChI=1S/C22H26N4OS/c1-2-26-21(27)19-17-10-6-7-11-18(17)28-20(19)23-22(26)25-14-12-24(13-15-25)16-8-4-3-5-9-16/h3-5,8-9H,2,6-7,10-15H2,1H3. The second kappa shape index (κ2) is 7.24. The Labute approximate surface area is 169 Å². The van der Waals surface area contributed by atoms with E-state index in [0.29, 0.717) is 6.54 Å². The van der Waals surface area contributed by atoms with Gasteiger partial charge in [-0.05, 0) is 50.3 Å². The third-order valence-corrected chi connectivity index (χ3v) is 7.24. The van der Waals surface area contributed by atoms with Crippen molar-refractivity contribution < 1.29 is 0 Å². The Morgan fingerprint density at radius 2 is 1.71 bits per heavy atom. The fourth-order valence-corrected chi connectivity index (χ4v) is 5.80. The van der Waals surface area contributed by atoms with Gasteiger partial charge in [0, 0.05) is 43.3 Å². The van der Waals surface area contributed by atoms with Crippen molar-refractivity contribution in [3.05, 3.63) is 51.1 Å². The molecule has 0 bridgehead atoms. The lowest BCUT2D eigenvalue weighted by Gasteiger charge is -2.37. The molecule has 0 amide bonds. The van der Waals surface area contributed by atoms with Crippen LogP contribution >= 0.6 is 11.3 Å². The predicted molar refractivity (Wildman–Crippen MR) is 117 cm³/mol. The summed E-state index contributed by atoms with van der Waals surface area (Å²) < 4.78 is 1.89. The number of hydrogen-bond acceptors (Lipinski definition) is 5. The van der Waals surface area contributed by atoms with Gasteiger partial charge in [0.05, 0.1) is 5.39 Å². The molecule has 0 atom stereocenters. The first kappa shape index (κ1) is 17.7. The number of para-hydroxylation sites is 1. The Morgan fingerprint density at radius 3 is 2.46 bits per heavy atom. The molecule has 28 heavy (non-hydrogen) atoms. The van der Waals surface area contributed by atoms with E-state index in [9.17, 15) is 4.79 Å². The lowest BCUT2D eigenvalue weighted by molar-refractivity contribution is 0.606. The van der Waals surface area contributed by atoms with Crippen molar-refractivity contribution in [1.29, 1.82) is 0 Å². The Kier molecular flexibility index (Phi) is 4.59. The summed E-state index contributed by atoms with van der Waals surface area (Å²) in [6.07, 6.45) is 4.56. The number of aromatic nitrogens is 2. The second-order valence-corrected chi connectivity index (χ2v) is 8.75. The fraction of sp³-hybridized carbons (Fsp3) is 0.455. The molecule has 3 heterocycles. The Bertz CT molecular complexity index is 1050. The minimum Gasteiger partial charge on any atom is -0.368 e. The first-order valence-corrected chi connectivity index (χ1v) is 11.2. The predicted octanol–water partition coefficient (Wildman–Crippen LogP) is 3.68. The minimum atomic E-state index is 0.160. The highest BCUT2D eigenvalue weighted by Crippen LogP contribution is 2.34. The van der Waals surface area contributed by atoms with E-state index >= 15 is 0 Å². The number of aryl methyl sites for hydroxylation is 2. The van der Waals surface area contributed by atoms with Crippen molar-refractivity contribution in [3.63, 3.8) is 0 Å². The van der Waals surface area contributed by atoms with Crippen molar-refractivity contribution >= 4 is 33.2 Å². The number of benzene rings is 1. The Hall–Kier alpha value is -2.34. The van der Waals surface area contributed by atoms with Gasteiger partial charge in [0.15, 0.2) is 0 Å². The van der Waals surface area contributed by atoms with Crippen molar-refractivity contribution in [2.24, 2.45) is 0 Å². The first-order valence-electron chi connectivity index (χ1n) is 10.4. The Morgan fingerprint density at radius 1 is 1.00 bits per heavy atom. The van der Waals surface area contributed by atoms with Crippen molar-refractivity contribution in [1.82, 2.24) is 9.55 Å². The molecule has 0 saturated carbocycles. The van der Waals surface area contributed by atoms with Crippen LogP contribution in [0.15, 0.2) is 35.1 Å². The van der Waals surface area contributed by atoms with E-state index in [4.69, 9.17) is 4.98 Å². The summed E-state index contributed by atoms with van der Waals surface area (Å²) in [7, 11) is 0. The number of rotatable bonds is 3. The van der Waals surface area contributed by atoms with Crippen LogP contribution in [-0.4, -0.2) is 35.7 Å². The largest absolute Gasteiger partial charge is 0.368 e. The topological polar surface area (TPSA) is 41.4 Å². The third-order valence-electron chi connectivity index (χ3n) is 6.05. The molecule has 1 fully saturated rings. The minimum absolute atomic E-state index is 0.160. The molecule has 0 N–H and O–H groups in total. The summed E-state index contributed by atoms with van der Waals surface area (Å²) in [4.78, 5) is 25.4. The van der Waals surface area contributed by atoms with E-state index in [-0.39, 0.29) is 5.56 Å². The van der Waals surface area contributed by atoms with Crippen molar-refractivity contribution in [3.8, 4) is 0 Å². The molecule has 5 rings (SSSR count). The first-order chi connectivity index (χ1) is 13.8. The molecule has 5 nitrogen and oxygen atoms in total. The van der Waals surface area contributed by atoms with Crippen LogP contribution in [0.5, 0.6) is 0 Å². The van der Waals surface area contributed by atoms with E-state index in [2.05, 4.69) is 47.1 Å². The van der Waals surface area contributed by atoms with Crippen LogP contribution in [0.1, 0.15) is 30.2 Å². The fourth-order valence-electron chi connectivity index (χ4n) is 4.56. The summed E-state index contributed by atoms with van der Waals surface area (Å²) in [5.74, 6) is 0.853. The van der Waals surface area contributed by atoms with Crippen LogP contribution in [0.3, 0.4) is 0 Å². The van der Waals surface area contributed by atoms with Gasteiger partial charge >= 0.3 is 0 Å². The highest BCUT2D eigenvalue weighted by molar-refractivity contribution is 7.18.